The second-order valence-corrected chi connectivity index (χ2v) is 7.64. The predicted molar refractivity (Wildman–Crippen MR) is 110 cm³/mol. The van der Waals surface area contributed by atoms with Crippen LogP contribution in [0.5, 0.6) is 0 Å². The second-order valence-electron chi connectivity index (χ2n) is 7.30. The molecule has 4 rings (SSSR count). The monoisotopic (exact) mass is 450 g/mol. The van der Waals surface area contributed by atoms with Gasteiger partial charge in [0.2, 0.25) is 11.2 Å². The quantitative estimate of drug-likeness (QED) is 0.566. The third kappa shape index (κ3) is 3.83. The van der Waals surface area contributed by atoms with Crippen LogP contribution in [-0.4, -0.2) is 38.5 Å². The van der Waals surface area contributed by atoms with E-state index in [2.05, 4.69) is 15.0 Å². The van der Waals surface area contributed by atoms with Crippen molar-refractivity contribution in [2.24, 2.45) is 7.05 Å². The van der Waals surface area contributed by atoms with Gasteiger partial charge in [0.25, 0.3) is 0 Å². The lowest BCUT2D eigenvalue weighted by Gasteiger charge is -2.38. The average molecular weight is 451 g/mol. The lowest BCUT2D eigenvalue weighted by molar-refractivity contribution is -0.140. The van der Waals surface area contributed by atoms with Gasteiger partial charge in [-0.25, -0.2) is 9.97 Å². The minimum Gasteiger partial charge on any atom is -0.339 e. The fourth-order valence-electron chi connectivity index (χ4n) is 3.55. The molecule has 162 valence electrons. The standard InChI is InChI=1S/C20H18ClF3N6O/c1-11-18(31)29(3)14-8-25-19(21)27-17(14)30(11)9-12-4-6-13(7-5-12)16-26-15(10-28(16)2)20(22,23)24/h4-8,10-11H,9H2,1-3H3. The number of likely N-dealkylation sites (N-methyl/N-ethyl adjacent to an activating group) is 1. The highest BCUT2D eigenvalue weighted by Crippen LogP contribution is 2.35. The molecule has 0 bridgehead atoms. The van der Waals surface area contributed by atoms with E-state index in [1.54, 1.807) is 38.2 Å². The number of halogens is 4. The van der Waals surface area contributed by atoms with Gasteiger partial charge < -0.3 is 14.4 Å². The van der Waals surface area contributed by atoms with Crippen molar-refractivity contribution in [3.8, 4) is 11.4 Å². The molecule has 1 aromatic carbocycles. The van der Waals surface area contributed by atoms with Crippen molar-refractivity contribution >= 4 is 29.0 Å². The Balaban J connectivity index is 1.63. The smallest absolute Gasteiger partial charge is 0.339 e. The van der Waals surface area contributed by atoms with E-state index in [4.69, 9.17) is 11.6 Å². The van der Waals surface area contributed by atoms with Gasteiger partial charge in [0.05, 0.1) is 6.20 Å². The Bertz CT molecular complexity index is 1140. The summed E-state index contributed by atoms with van der Waals surface area (Å²) in [6.45, 7) is 2.13. The Kier molecular flexibility index (Phi) is 5.12. The first-order chi connectivity index (χ1) is 14.6. The first-order valence-corrected chi connectivity index (χ1v) is 9.70. The molecule has 0 spiro atoms. The summed E-state index contributed by atoms with van der Waals surface area (Å²) >= 11 is 5.97. The summed E-state index contributed by atoms with van der Waals surface area (Å²) in [5, 5.41) is 0.0734. The lowest BCUT2D eigenvalue weighted by Crippen LogP contribution is -2.50. The largest absolute Gasteiger partial charge is 0.434 e. The van der Waals surface area contributed by atoms with E-state index in [1.165, 1.54) is 22.7 Å². The average Bonchev–Trinajstić information content (AvgIpc) is 3.12. The van der Waals surface area contributed by atoms with Crippen LogP contribution in [0.2, 0.25) is 5.28 Å². The van der Waals surface area contributed by atoms with E-state index >= 15 is 0 Å². The first-order valence-electron chi connectivity index (χ1n) is 9.33. The highest BCUT2D eigenvalue weighted by atomic mass is 35.5. The van der Waals surface area contributed by atoms with Gasteiger partial charge in [0.1, 0.15) is 17.6 Å². The molecule has 3 heterocycles. The van der Waals surface area contributed by atoms with Gasteiger partial charge in [-0.2, -0.15) is 18.2 Å². The number of nitrogens with zero attached hydrogens (tertiary/aromatic N) is 6. The Morgan fingerprint density at radius 1 is 1.13 bits per heavy atom. The van der Waals surface area contributed by atoms with Crippen LogP contribution in [0.15, 0.2) is 36.7 Å². The molecule has 1 amide bonds. The topological polar surface area (TPSA) is 67.2 Å². The maximum atomic E-state index is 12.9. The number of aryl methyl sites for hydroxylation is 1. The molecule has 0 fully saturated rings. The number of aromatic nitrogens is 4. The normalized spacial score (nSPS) is 16.6. The number of carbonyl (C=O) groups excluding carboxylic acids is 1. The summed E-state index contributed by atoms with van der Waals surface area (Å²) in [5.41, 5.74) is 1.01. The van der Waals surface area contributed by atoms with E-state index in [0.29, 0.717) is 23.6 Å². The van der Waals surface area contributed by atoms with Gasteiger partial charge >= 0.3 is 6.18 Å². The third-order valence-corrected chi connectivity index (χ3v) is 5.42. The van der Waals surface area contributed by atoms with E-state index in [1.807, 2.05) is 4.90 Å². The first kappa shape index (κ1) is 21.1. The van der Waals surface area contributed by atoms with Crippen molar-refractivity contribution in [1.29, 1.82) is 0 Å². The van der Waals surface area contributed by atoms with E-state index in [-0.39, 0.29) is 17.0 Å². The molecule has 0 aliphatic carbocycles. The number of fused-ring (bicyclic) bond motifs is 1. The fraction of sp³-hybridized carbons (Fsp3) is 0.300. The molecule has 3 aromatic rings. The molecule has 2 aromatic heterocycles. The van der Waals surface area contributed by atoms with Crippen molar-refractivity contribution < 1.29 is 18.0 Å². The van der Waals surface area contributed by atoms with E-state index in [9.17, 15) is 18.0 Å². The second kappa shape index (κ2) is 7.52. The van der Waals surface area contributed by atoms with Crippen LogP contribution in [0.1, 0.15) is 18.2 Å². The number of anilines is 2. The summed E-state index contributed by atoms with van der Waals surface area (Å²) in [6, 6.07) is 6.50. The van der Waals surface area contributed by atoms with Crippen molar-refractivity contribution in [2.45, 2.75) is 25.7 Å². The van der Waals surface area contributed by atoms with E-state index in [0.717, 1.165) is 11.8 Å². The highest BCUT2D eigenvalue weighted by Gasteiger charge is 2.36. The number of hydrogen-bond acceptors (Lipinski definition) is 5. The summed E-state index contributed by atoms with van der Waals surface area (Å²) in [7, 11) is 3.17. The van der Waals surface area contributed by atoms with Crippen LogP contribution in [0.25, 0.3) is 11.4 Å². The van der Waals surface area contributed by atoms with E-state index < -0.39 is 17.9 Å². The fourth-order valence-corrected chi connectivity index (χ4v) is 3.68. The Labute approximate surface area is 181 Å². The Morgan fingerprint density at radius 2 is 1.81 bits per heavy atom. The lowest BCUT2D eigenvalue weighted by atomic mass is 10.1. The van der Waals surface area contributed by atoms with Crippen LogP contribution in [0.4, 0.5) is 24.7 Å². The van der Waals surface area contributed by atoms with Crippen molar-refractivity contribution in [3.05, 3.63) is 53.2 Å². The van der Waals surface area contributed by atoms with Gasteiger partial charge in [0, 0.05) is 32.4 Å². The number of carbonyl (C=O) groups is 1. The minimum atomic E-state index is -4.50. The van der Waals surface area contributed by atoms with Crippen LogP contribution >= 0.6 is 11.6 Å². The molecule has 1 atom stereocenters. The molecule has 0 saturated heterocycles. The summed E-state index contributed by atoms with van der Waals surface area (Å²) in [5.74, 6) is 0.646. The zero-order valence-electron chi connectivity index (χ0n) is 16.9. The number of rotatable bonds is 3. The summed E-state index contributed by atoms with van der Waals surface area (Å²) in [6.07, 6.45) is -2.04. The van der Waals surface area contributed by atoms with Crippen LogP contribution in [-0.2, 0) is 24.6 Å². The minimum absolute atomic E-state index is 0.0734. The summed E-state index contributed by atoms with van der Waals surface area (Å²) < 4.78 is 40.1. The zero-order chi connectivity index (χ0) is 22.5. The van der Waals surface area contributed by atoms with Gasteiger partial charge in [-0.05, 0) is 24.1 Å². The molecule has 11 heteroatoms. The molecule has 0 saturated carbocycles. The van der Waals surface area contributed by atoms with Gasteiger partial charge in [-0.3, -0.25) is 4.79 Å². The van der Waals surface area contributed by atoms with Gasteiger partial charge in [-0.15, -0.1) is 0 Å². The number of hydrogen-bond donors (Lipinski definition) is 0. The molecular weight excluding hydrogens is 433 g/mol. The molecule has 0 N–H and O–H groups in total. The zero-order valence-corrected chi connectivity index (χ0v) is 17.6. The van der Waals surface area contributed by atoms with Crippen molar-refractivity contribution in [2.75, 3.05) is 16.8 Å². The number of benzene rings is 1. The van der Waals surface area contributed by atoms with Gasteiger partial charge in [0.15, 0.2) is 11.5 Å². The predicted octanol–water partition coefficient (Wildman–Crippen LogP) is 3.92. The molecular formula is C20H18ClF3N6O. The van der Waals surface area contributed by atoms with Crippen LogP contribution < -0.4 is 9.80 Å². The SMILES string of the molecule is CC1C(=O)N(C)c2cnc(Cl)nc2N1Cc1ccc(-c2nc(C(F)(F)F)cn2C)cc1. The maximum absolute atomic E-state index is 12.9. The Morgan fingerprint density at radius 3 is 2.42 bits per heavy atom. The Hall–Kier alpha value is -3.14. The van der Waals surface area contributed by atoms with Crippen molar-refractivity contribution in [1.82, 2.24) is 19.5 Å². The molecule has 0 radical (unpaired) electrons. The molecule has 1 aliphatic heterocycles. The molecule has 31 heavy (non-hydrogen) atoms. The molecule has 1 unspecified atom stereocenters. The highest BCUT2D eigenvalue weighted by molar-refractivity contribution is 6.28. The molecule has 7 nitrogen and oxygen atoms in total. The number of amides is 1. The van der Waals surface area contributed by atoms with Crippen LogP contribution in [0.3, 0.4) is 0 Å². The van der Waals surface area contributed by atoms with Crippen LogP contribution in [0, 0.1) is 0 Å². The maximum Gasteiger partial charge on any atom is 0.434 e. The summed E-state index contributed by atoms with van der Waals surface area (Å²) in [4.78, 5) is 27.9. The third-order valence-electron chi connectivity index (χ3n) is 5.24. The number of alkyl halides is 3. The van der Waals surface area contributed by atoms with Crippen molar-refractivity contribution in [3.63, 3.8) is 0 Å². The van der Waals surface area contributed by atoms with Gasteiger partial charge in [-0.1, -0.05) is 24.3 Å². The number of imidazole rings is 1. The molecule has 1 aliphatic rings.